The lowest BCUT2D eigenvalue weighted by molar-refractivity contribution is 0.669. The zero-order valence-electron chi connectivity index (χ0n) is 25.9. The van der Waals surface area contributed by atoms with Gasteiger partial charge in [0.1, 0.15) is 20.9 Å². The molecule has 228 valence electrons. The second kappa shape index (κ2) is 11.4. The van der Waals surface area contributed by atoms with Gasteiger partial charge in [-0.3, -0.25) is 0 Å². The largest absolute Gasteiger partial charge is 0.456 e. The molecule has 1 aromatic heterocycles. The van der Waals surface area contributed by atoms with Gasteiger partial charge in [-0.05, 0) is 87.5 Å². The van der Waals surface area contributed by atoms with Crippen LogP contribution in [0.2, 0.25) is 0 Å². The number of fused-ring (bicyclic) bond motifs is 4. The van der Waals surface area contributed by atoms with Crippen molar-refractivity contribution in [1.29, 1.82) is 0 Å². The average Bonchev–Trinajstić information content (AvgIpc) is 3.54. The standard InChI is InChI=1S/C44H29NO2S/c46-48(37-16-5-2-6-17-37)43-20-8-7-13-36(43)29-40(45-48)35-15-9-14-34(27-35)38-18-10-19-42-44(38)39-28-33(25-26-41(39)47-42)32-23-21-31(22-24-32)30-11-3-1-4-12-30/h1-29H. The lowest BCUT2D eigenvalue weighted by atomic mass is 9.95. The Labute approximate surface area is 279 Å². The highest BCUT2D eigenvalue weighted by Crippen LogP contribution is 2.41. The molecule has 0 saturated heterocycles. The van der Waals surface area contributed by atoms with Crippen LogP contribution in [-0.2, 0) is 9.73 Å². The van der Waals surface area contributed by atoms with E-state index in [0.717, 1.165) is 60.2 Å². The molecule has 0 aliphatic carbocycles. The van der Waals surface area contributed by atoms with E-state index in [9.17, 15) is 4.21 Å². The number of hydrogen-bond donors (Lipinski definition) is 0. The summed E-state index contributed by atoms with van der Waals surface area (Å²) >= 11 is 0. The van der Waals surface area contributed by atoms with Crippen molar-refractivity contribution in [2.45, 2.75) is 9.79 Å². The van der Waals surface area contributed by atoms with Crippen LogP contribution in [0.15, 0.2) is 188 Å². The van der Waals surface area contributed by atoms with E-state index in [1.807, 2.05) is 91.0 Å². The predicted octanol–water partition coefficient (Wildman–Crippen LogP) is 12.0. The van der Waals surface area contributed by atoms with E-state index in [1.54, 1.807) is 0 Å². The maximum absolute atomic E-state index is 14.7. The third-order valence-electron chi connectivity index (χ3n) is 9.09. The van der Waals surface area contributed by atoms with Crippen LogP contribution in [0.25, 0.3) is 67.1 Å². The number of hydrogen-bond acceptors (Lipinski definition) is 3. The molecule has 0 fully saturated rings. The molecule has 9 rings (SSSR count). The van der Waals surface area contributed by atoms with Crippen LogP contribution >= 0.6 is 0 Å². The zero-order chi connectivity index (χ0) is 32.1. The molecular weight excluding hydrogens is 607 g/mol. The normalized spacial score (nSPS) is 15.5. The van der Waals surface area contributed by atoms with Crippen LogP contribution in [0.5, 0.6) is 0 Å². The lowest BCUT2D eigenvalue weighted by Crippen LogP contribution is -2.08. The van der Waals surface area contributed by atoms with E-state index >= 15 is 0 Å². The Kier molecular flexibility index (Phi) is 6.70. The molecule has 1 aliphatic heterocycles. The second-order valence-electron chi connectivity index (χ2n) is 12.0. The van der Waals surface area contributed by atoms with Crippen LogP contribution in [0.4, 0.5) is 0 Å². The van der Waals surface area contributed by atoms with Gasteiger partial charge in [-0.15, -0.1) is 0 Å². The van der Waals surface area contributed by atoms with E-state index < -0.39 is 9.73 Å². The van der Waals surface area contributed by atoms with Crippen LogP contribution in [-0.4, -0.2) is 4.21 Å². The van der Waals surface area contributed by atoms with Crippen molar-refractivity contribution in [3.63, 3.8) is 0 Å². The summed E-state index contributed by atoms with van der Waals surface area (Å²) in [6.45, 7) is 0. The molecule has 0 saturated carbocycles. The Morgan fingerprint density at radius 2 is 1.10 bits per heavy atom. The van der Waals surface area contributed by atoms with E-state index in [-0.39, 0.29) is 0 Å². The van der Waals surface area contributed by atoms with Crippen LogP contribution in [0.3, 0.4) is 0 Å². The summed E-state index contributed by atoms with van der Waals surface area (Å²) < 4.78 is 26.0. The minimum absolute atomic E-state index is 0.704. The summed E-state index contributed by atoms with van der Waals surface area (Å²) in [6.07, 6.45) is 2.05. The van der Waals surface area contributed by atoms with Gasteiger partial charge in [0.05, 0.1) is 15.5 Å². The summed E-state index contributed by atoms with van der Waals surface area (Å²) in [4.78, 5) is 1.45. The predicted molar refractivity (Wildman–Crippen MR) is 198 cm³/mol. The molecule has 3 nitrogen and oxygen atoms in total. The third-order valence-corrected chi connectivity index (χ3v) is 11.4. The van der Waals surface area contributed by atoms with Crippen molar-refractivity contribution in [2.75, 3.05) is 0 Å². The highest BCUT2D eigenvalue weighted by molar-refractivity contribution is 7.94. The Hall–Kier alpha value is -5.97. The fourth-order valence-electron chi connectivity index (χ4n) is 6.71. The Bertz CT molecular complexity index is 2640. The summed E-state index contributed by atoms with van der Waals surface area (Å²) in [7, 11) is -2.87. The minimum atomic E-state index is -2.87. The van der Waals surface area contributed by atoms with Crippen LogP contribution < -0.4 is 0 Å². The topological polar surface area (TPSA) is 42.6 Å². The van der Waals surface area contributed by atoms with Gasteiger partial charge >= 0.3 is 0 Å². The van der Waals surface area contributed by atoms with Crippen molar-refractivity contribution in [1.82, 2.24) is 0 Å². The van der Waals surface area contributed by atoms with Crippen molar-refractivity contribution < 1.29 is 8.63 Å². The molecule has 0 spiro atoms. The minimum Gasteiger partial charge on any atom is -0.456 e. The first-order chi connectivity index (χ1) is 23.6. The van der Waals surface area contributed by atoms with E-state index in [4.69, 9.17) is 8.78 Å². The monoisotopic (exact) mass is 635 g/mol. The molecule has 1 unspecified atom stereocenters. The molecule has 48 heavy (non-hydrogen) atoms. The van der Waals surface area contributed by atoms with Crippen LogP contribution in [0, 0.1) is 0 Å². The van der Waals surface area contributed by atoms with Gasteiger partial charge in [0, 0.05) is 16.3 Å². The molecular formula is C44H29NO2S. The van der Waals surface area contributed by atoms with Crippen molar-refractivity contribution in [2.24, 2.45) is 4.36 Å². The van der Waals surface area contributed by atoms with E-state index in [1.165, 1.54) is 11.1 Å². The van der Waals surface area contributed by atoms with Gasteiger partial charge in [0.2, 0.25) is 0 Å². The number of nitrogens with zero attached hydrogens (tertiary/aromatic N) is 1. The van der Waals surface area contributed by atoms with Crippen molar-refractivity contribution in [3.8, 4) is 33.4 Å². The summed E-state index contributed by atoms with van der Waals surface area (Å²) in [5.41, 5.74) is 11.0. The smallest absolute Gasteiger partial charge is 0.136 e. The molecule has 4 heteroatoms. The second-order valence-corrected chi connectivity index (χ2v) is 14.2. The molecule has 1 aliphatic rings. The van der Waals surface area contributed by atoms with Crippen LogP contribution in [0.1, 0.15) is 11.1 Å². The Morgan fingerprint density at radius 3 is 1.92 bits per heavy atom. The molecule has 8 aromatic rings. The highest BCUT2D eigenvalue weighted by atomic mass is 32.2. The highest BCUT2D eigenvalue weighted by Gasteiger charge is 2.24. The fraction of sp³-hybridized carbons (Fsp3) is 0. The zero-order valence-corrected chi connectivity index (χ0v) is 26.7. The number of rotatable bonds is 5. The molecule has 0 radical (unpaired) electrons. The molecule has 0 amide bonds. The number of furan rings is 1. The third kappa shape index (κ3) is 4.77. The molecule has 0 bridgehead atoms. The van der Waals surface area contributed by atoms with Gasteiger partial charge in [-0.2, -0.15) is 4.36 Å². The summed E-state index contributed by atoms with van der Waals surface area (Å²) in [5.74, 6) is 0. The first-order valence-electron chi connectivity index (χ1n) is 16.0. The maximum atomic E-state index is 14.7. The van der Waals surface area contributed by atoms with Gasteiger partial charge in [0.25, 0.3) is 0 Å². The van der Waals surface area contributed by atoms with Gasteiger partial charge in [-0.25, -0.2) is 4.21 Å². The van der Waals surface area contributed by atoms with Gasteiger partial charge in [-0.1, -0.05) is 127 Å². The molecule has 2 heterocycles. The van der Waals surface area contributed by atoms with Crippen molar-refractivity contribution >= 4 is 43.4 Å². The summed E-state index contributed by atoms with van der Waals surface area (Å²) in [6, 6.07) is 57.6. The van der Waals surface area contributed by atoms with Gasteiger partial charge in [0.15, 0.2) is 0 Å². The SMILES string of the molecule is O=S1(c2ccccc2)=NC(c2cccc(-c3cccc4oc5ccc(-c6ccc(-c7ccccc7)cc6)cc5c34)c2)=Cc2ccccc21. The fourth-order valence-corrected chi connectivity index (χ4v) is 8.84. The van der Waals surface area contributed by atoms with Crippen molar-refractivity contribution in [3.05, 3.63) is 181 Å². The molecule has 7 aromatic carbocycles. The Morgan fingerprint density at radius 1 is 0.479 bits per heavy atom. The first kappa shape index (κ1) is 28.3. The van der Waals surface area contributed by atoms with E-state index in [2.05, 4.69) is 84.9 Å². The average molecular weight is 636 g/mol. The molecule has 0 N–H and O–H groups in total. The Balaban J connectivity index is 1.15. The maximum Gasteiger partial charge on any atom is 0.136 e. The van der Waals surface area contributed by atoms with Gasteiger partial charge < -0.3 is 4.42 Å². The summed E-state index contributed by atoms with van der Waals surface area (Å²) in [5, 5.41) is 2.14. The molecule has 1 atom stereocenters. The lowest BCUT2D eigenvalue weighted by Gasteiger charge is -2.19. The quantitative estimate of drug-likeness (QED) is 0.189. The van der Waals surface area contributed by atoms with E-state index in [0.29, 0.717) is 10.6 Å². The number of benzene rings is 7. The first-order valence-corrected chi connectivity index (χ1v) is 17.5.